The molecule has 4 nitrogen and oxygen atoms in total. The number of hydrogen-bond donors (Lipinski definition) is 2. The number of aromatic amines is 1. The SMILES string of the molecule is O[C@@H](C[NH+]1CCN(c2cccc[nH+]2)CC1)c1ccccc1. The first-order valence-electron chi connectivity index (χ1n) is 7.61. The van der Waals surface area contributed by atoms with Crippen molar-refractivity contribution in [2.24, 2.45) is 0 Å². The average molecular weight is 285 g/mol. The summed E-state index contributed by atoms with van der Waals surface area (Å²) in [7, 11) is 0. The highest BCUT2D eigenvalue weighted by Crippen LogP contribution is 2.10. The molecule has 0 bridgehead atoms. The van der Waals surface area contributed by atoms with E-state index in [-0.39, 0.29) is 6.10 Å². The molecule has 1 fully saturated rings. The van der Waals surface area contributed by atoms with E-state index in [0.717, 1.165) is 38.3 Å². The summed E-state index contributed by atoms with van der Waals surface area (Å²) in [5.74, 6) is 1.18. The number of aromatic nitrogens is 1. The van der Waals surface area contributed by atoms with Gasteiger partial charge in [-0.2, -0.15) is 0 Å². The minimum absolute atomic E-state index is 0.365. The van der Waals surface area contributed by atoms with Crippen molar-refractivity contribution in [3.05, 3.63) is 60.3 Å². The van der Waals surface area contributed by atoms with Crippen molar-refractivity contribution in [3.8, 4) is 0 Å². The molecule has 2 aromatic rings. The van der Waals surface area contributed by atoms with Gasteiger partial charge in [0.2, 0.25) is 0 Å². The number of anilines is 1. The number of hydrogen-bond acceptors (Lipinski definition) is 2. The fourth-order valence-electron chi connectivity index (χ4n) is 2.92. The summed E-state index contributed by atoms with van der Waals surface area (Å²) >= 11 is 0. The minimum Gasteiger partial charge on any atom is -0.382 e. The molecule has 1 aromatic carbocycles. The van der Waals surface area contributed by atoms with Gasteiger partial charge >= 0.3 is 0 Å². The molecule has 0 amide bonds. The maximum Gasteiger partial charge on any atom is 0.274 e. The molecular formula is C17H23N3O+2. The minimum atomic E-state index is -0.365. The van der Waals surface area contributed by atoms with Crippen LogP contribution in [0.1, 0.15) is 11.7 Å². The molecule has 1 saturated heterocycles. The monoisotopic (exact) mass is 285 g/mol. The van der Waals surface area contributed by atoms with Gasteiger partial charge in [-0.15, -0.1) is 0 Å². The molecule has 3 rings (SSSR count). The second-order valence-corrected chi connectivity index (χ2v) is 5.62. The molecule has 1 aliphatic heterocycles. The number of aliphatic hydroxyl groups excluding tert-OH is 1. The van der Waals surface area contributed by atoms with Crippen LogP contribution < -0.4 is 14.8 Å². The Morgan fingerprint density at radius 1 is 1.05 bits per heavy atom. The van der Waals surface area contributed by atoms with E-state index < -0.39 is 0 Å². The number of quaternary nitrogens is 1. The van der Waals surface area contributed by atoms with E-state index in [2.05, 4.69) is 22.0 Å². The quantitative estimate of drug-likeness (QED) is 0.826. The van der Waals surface area contributed by atoms with Crippen molar-refractivity contribution in [3.63, 3.8) is 0 Å². The van der Waals surface area contributed by atoms with Crippen LogP contribution in [-0.4, -0.2) is 37.8 Å². The Bertz CT molecular complexity index is 538. The largest absolute Gasteiger partial charge is 0.382 e. The first kappa shape index (κ1) is 14.0. The molecule has 110 valence electrons. The molecule has 4 heteroatoms. The van der Waals surface area contributed by atoms with Crippen molar-refractivity contribution in [1.29, 1.82) is 0 Å². The Morgan fingerprint density at radius 2 is 1.76 bits per heavy atom. The number of pyridine rings is 1. The highest BCUT2D eigenvalue weighted by Gasteiger charge is 2.27. The summed E-state index contributed by atoms with van der Waals surface area (Å²) < 4.78 is 0. The van der Waals surface area contributed by atoms with Crippen molar-refractivity contribution >= 4 is 5.82 Å². The van der Waals surface area contributed by atoms with Crippen LogP contribution in [-0.2, 0) is 0 Å². The fraction of sp³-hybridized carbons (Fsp3) is 0.353. The molecule has 0 radical (unpaired) electrons. The number of nitrogens with zero attached hydrogens (tertiary/aromatic N) is 1. The molecular weight excluding hydrogens is 262 g/mol. The van der Waals surface area contributed by atoms with E-state index in [1.807, 2.05) is 42.6 Å². The number of benzene rings is 1. The van der Waals surface area contributed by atoms with Gasteiger partial charge in [0.25, 0.3) is 5.82 Å². The van der Waals surface area contributed by atoms with Crippen LogP contribution in [0.2, 0.25) is 0 Å². The van der Waals surface area contributed by atoms with Gasteiger partial charge in [0.15, 0.2) is 0 Å². The van der Waals surface area contributed by atoms with Gasteiger partial charge < -0.3 is 10.0 Å². The molecule has 1 aliphatic rings. The number of piperazine rings is 1. The lowest BCUT2D eigenvalue weighted by Gasteiger charge is -2.29. The summed E-state index contributed by atoms with van der Waals surface area (Å²) in [5.41, 5.74) is 1.02. The van der Waals surface area contributed by atoms with Crippen LogP contribution in [0.5, 0.6) is 0 Å². The van der Waals surface area contributed by atoms with Gasteiger partial charge in [-0.05, 0) is 11.6 Å². The highest BCUT2D eigenvalue weighted by atomic mass is 16.3. The second-order valence-electron chi connectivity index (χ2n) is 5.62. The van der Waals surface area contributed by atoms with E-state index in [1.165, 1.54) is 10.7 Å². The van der Waals surface area contributed by atoms with Crippen LogP contribution in [0.15, 0.2) is 54.7 Å². The Labute approximate surface area is 125 Å². The van der Waals surface area contributed by atoms with Gasteiger partial charge in [-0.3, -0.25) is 4.90 Å². The van der Waals surface area contributed by atoms with Gasteiger partial charge in [-0.25, -0.2) is 4.98 Å². The van der Waals surface area contributed by atoms with Gasteiger partial charge in [0.1, 0.15) is 38.8 Å². The van der Waals surface area contributed by atoms with Crippen molar-refractivity contribution in [2.45, 2.75) is 6.10 Å². The maximum absolute atomic E-state index is 10.3. The van der Waals surface area contributed by atoms with E-state index in [4.69, 9.17) is 0 Å². The average Bonchev–Trinajstić information content (AvgIpc) is 2.57. The molecule has 3 N–H and O–H groups in total. The number of rotatable bonds is 4. The predicted octanol–water partition coefficient (Wildman–Crippen LogP) is -0.0608. The van der Waals surface area contributed by atoms with Crippen LogP contribution in [0.3, 0.4) is 0 Å². The zero-order chi connectivity index (χ0) is 14.5. The lowest BCUT2D eigenvalue weighted by atomic mass is 10.1. The predicted molar refractivity (Wildman–Crippen MR) is 82.2 cm³/mol. The molecule has 0 aliphatic carbocycles. The van der Waals surface area contributed by atoms with E-state index >= 15 is 0 Å². The van der Waals surface area contributed by atoms with Crippen molar-refractivity contribution < 1.29 is 15.0 Å². The molecule has 2 heterocycles. The van der Waals surface area contributed by atoms with E-state index in [1.54, 1.807) is 0 Å². The Kier molecular flexibility index (Phi) is 4.48. The fourth-order valence-corrected chi connectivity index (χ4v) is 2.92. The van der Waals surface area contributed by atoms with Gasteiger partial charge in [-0.1, -0.05) is 36.4 Å². The molecule has 0 saturated carbocycles. The van der Waals surface area contributed by atoms with E-state index in [0.29, 0.717) is 0 Å². The standard InChI is InChI=1S/C17H21N3O/c21-16(15-6-2-1-3-7-15)14-19-10-12-20(13-11-19)17-8-4-5-9-18-17/h1-9,16,21H,10-14H2/p+2/t16-/m0/s1. The Hall–Kier alpha value is -1.91. The number of aliphatic hydroxyl groups is 1. The van der Waals surface area contributed by atoms with Crippen LogP contribution >= 0.6 is 0 Å². The van der Waals surface area contributed by atoms with Crippen molar-refractivity contribution in [2.75, 3.05) is 37.6 Å². The van der Waals surface area contributed by atoms with Crippen LogP contribution in [0, 0.1) is 0 Å². The van der Waals surface area contributed by atoms with Crippen LogP contribution in [0.4, 0.5) is 5.82 Å². The number of nitrogens with one attached hydrogen (secondary N) is 2. The smallest absolute Gasteiger partial charge is 0.274 e. The first-order chi connectivity index (χ1) is 10.3. The summed E-state index contributed by atoms with van der Waals surface area (Å²) in [5, 5.41) is 10.3. The zero-order valence-electron chi connectivity index (χ0n) is 12.2. The van der Waals surface area contributed by atoms with Gasteiger partial charge in [0.05, 0.1) is 6.20 Å². The molecule has 21 heavy (non-hydrogen) atoms. The molecule has 1 aromatic heterocycles. The Balaban J connectivity index is 1.52. The normalized spacial score (nSPS) is 17.7. The topological polar surface area (TPSA) is 42.1 Å². The lowest BCUT2D eigenvalue weighted by Crippen LogP contribution is -3.15. The maximum atomic E-state index is 10.3. The van der Waals surface area contributed by atoms with Crippen LogP contribution in [0.25, 0.3) is 0 Å². The molecule has 0 unspecified atom stereocenters. The Morgan fingerprint density at radius 3 is 2.43 bits per heavy atom. The lowest BCUT2D eigenvalue weighted by molar-refractivity contribution is -0.904. The molecule has 0 spiro atoms. The third-order valence-electron chi connectivity index (χ3n) is 4.17. The third kappa shape index (κ3) is 3.60. The summed E-state index contributed by atoms with van der Waals surface area (Å²) in [6.07, 6.45) is 1.60. The van der Waals surface area contributed by atoms with E-state index in [9.17, 15) is 5.11 Å². The molecule has 1 atom stereocenters. The summed E-state index contributed by atoms with van der Waals surface area (Å²) in [6.45, 7) is 4.96. The summed E-state index contributed by atoms with van der Waals surface area (Å²) in [6, 6.07) is 16.1. The van der Waals surface area contributed by atoms with Gasteiger partial charge in [0, 0.05) is 6.07 Å². The highest BCUT2D eigenvalue weighted by molar-refractivity contribution is 5.31. The second kappa shape index (κ2) is 6.70. The summed E-state index contributed by atoms with van der Waals surface area (Å²) in [4.78, 5) is 7.13. The first-order valence-corrected chi connectivity index (χ1v) is 7.61. The number of H-pyrrole nitrogens is 1. The zero-order valence-corrected chi connectivity index (χ0v) is 12.2. The third-order valence-corrected chi connectivity index (χ3v) is 4.17. The van der Waals surface area contributed by atoms with Crippen molar-refractivity contribution in [1.82, 2.24) is 0 Å².